The third kappa shape index (κ3) is 4.41. The maximum Gasteiger partial charge on any atom is 0.258 e. The zero-order valence-electron chi connectivity index (χ0n) is 12.8. The summed E-state index contributed by atoms with van der Waals surface area (Å²) in [6.45, 7) is 5.53. The van der Waals surface area contributed by atoms with E-state index in [0.29, 0.717) is 0 Å². The Morgan fingerprint density at radius 3 is 2.27 bits per heavy atom. The van der Waals surface area contributed by atoms with E-state index in [9.17, 15) is 13.2 Å². The normalized spacial score (nSPS) is 12.2. The van der Waals surface area contributed by atoms with Crippen LogP contribution < -0.4 is 16.2 Å². The molecule has 1 aromatic rings. The lowest BCUT2D eigenvalue weighted by molar-refractivity contribution is -0.232. The van der Waals surface area contributed by atoms with Gasteiger partial charge in [-0.3, -0.25) is 4.79 Å². The van der Waals surface area contributed by atoms with Crippen LogP contribution in [0.5, 0.6) is 0 Å². The number of sulfonamides is 1. The van der Waals surface area contributed by atoms with Crippen LogP contribution in [-0.4, -0.2) is 33.4 Å². The fourth-order valence-electron chi connectivity index (χ4n) is 1.96. The fourth-order valence-corrected chi connectivity index (χ4v) is 2.72. The predicted octanol–water partition coefficient (Wildman–Crippen LogP) is 0.393. The second kappa shape index (κ2) is 7.05. The number of hydrogen-bond donors (Lipinski definition) is 3. The molecular formula is C13H21N3O5S. The van der Waals surface area contributed by atoms with Crippen LogP contribution in [0.1, 0.15) is 31.1 Å². The first-order chi connectivity index (χ1) is 10.1. The summed E-state index contributed by atoms with van der Waals surface area (Å²) in [6, 6.07) is 4.01. The van der Waals surface area contributed by atoms with Gasteiger partial charge in [0.2, 0.25) is 15.9 Å². The molecule has 0 aromatic heterocycles. The maximum absolute atomic E-state index is 12.4. The highest BCUT2D eigenvalue weighted by Crippen LogP contribution is 2.22. The van der Waals surface area contributed by atoms with Crippen LogP contribution in [-0.2, 0) is 19.5 Å². The van der Waals surface area contributed by atoms with Gasteiger partial charge >= 0.3 is 0 Å². The fraction of sp³-hybridized carbons (Fsp3) is 0.462. The van der Waals surface area contributed by atoms with Gasteiger partial charge in [0.05, 0.1) is 10.5 Å². The molecule has 1 aromatic carbocycles. The summed E-state index contributed by atoms with van der Waals surface area (Å²) in [4.78, 5) is 12.1. The van der Waals surface area contributed by atoms with Gasteiger partial charge in [-0.25, -0.2) is 13.6 Å². The zero-order chi connectivity index (χ0) is 17.0. The van der Waals surface area contributed by atoms with E-state index in [2.05, 4.69) is 5.32 Å². The first-order valence-corrected chi connectivity index (χ1v) is 8.21. The van der Waals surface area contributed by atoms with Crippen LogP contribution in [0.3, 0.4) is 0 Å². The minimum atomic E-state index is -4.10. The number of nitrogens with one attached hydrogen (secondary N) is 1. The Morgan fingerprint density at radius 2 is 1.82 bits per heavy atom. The summed E-state index contributed by atoms with van der Waals surface area (Å²) >= 11 is 0. The van der Waals surface area contributed by atoms with Crippen molar-refractivity contribution in [2.45, 2.75) is 31.6 Å². The van der Waals surface area contributed by atoms with Gasteiger partial charge in [-0.2, -0.15) is 0 Å². The predicted molar refractivity (Wildman–Crippen MR) is 81.4 cm³/mol. The average Bonchev–Trinajstić information content (AvgIpc) is 2.37. The van der Waals surface area contributed by atoms with Gasteiger partial charge in [0.1, 0.15) is 0 Å². The van der Waals surface area contributed by atoms with E-state index in [-0.39, 0.29) is 29.4 Å². The molecule has 5 N–H and O–H groups in total. The molecule has 0 aliphatic heterocycles. The number of carbonyl (C=O) groups excluding carboxylic acids is 1. The van der Waals surface area contributed by atoms with Crippen molar-refractivity contribution in [2.75, 3.05) is 18.9 Å². The van der Waals surface area contributed by atoms with Gasteiger partial charge in [-0.05, 0) is 26.0 Å². The lowest BCUT2D eigenvalue weighted by Crippen LogP contribution is -2.50. The van der Waals surface area contributed by atoms with Crippen molar-refractivity contribution in [1.82, 2.24) is 5.32 Å². The van der Waals surface area contributed by atoms with Crippen LogP contribution in [0.4, 0.5) is 5.69 Å². The second-order valence-electron chi connectivity index (χ2n) is 4.53. The van der Waals surface area contributed by atoms with Crippen molar-refractivity contribution in [1.29, 1.82) is 0 Å². The SMILES string of the molecule is CCOC(C)(NC(=O)c1c(N)cccc1S(N)(=O)=O)OCC. The van der Waals surface area contributed by atoms with Crippen molar-refractivity contribution in [2.24, 2.45) is 5.14 Å². The maximum atomic E-state index is 12.4. The molecule has 0 saturated heterocycles. The van der Waals surface area contributed by atoms with Gasteiger partial charge in [-0.1, -0.05) is 6.07 Å². The molecule has 9 heteroatoms. The molecule has 0 saturated carbocycles. The van der Waals surface area contributed by atoms with E-state index >= 15 is 0 Å². The Kier molecular flexibility index (Phi) is 5.89. The average molecular weight is 331 g/mol. The van der Waals surface area contributed by atoms with E-state index in [1.165, 1.54) is 25.1 Å². The molecule has 0 unspecified atom stereocenters. The summed E-state index contributed by atoms with van der Waals surface area (Å²) < 4.78 is 33.9. The number of hydrogen-bond acceptors (Lipinski definition) is 6. The Balaban J connectivity index is 3.23. The highest BCUT2D eigenvalue weighted by molar-refractivity contribution is 7.89. The van der Waals surface area contributed by atoms with Crippen LogP contribution in [0.15, 0.2) is 23.1 Å². The quantitative estimate of drug-likeness (QED) is 0.489. The molecule has 22 heavy (non-hydrogen) atoms. The summed E-state index contributed by atoms with van der Waals surface area (Å²) in [5.74, 6) is -2.16. The number of carbonyl (C=O) groups is 1. The molecule has 0 heterocycles. The highest BCUT2D eigenvalue weighted by Gasteiger charge is 2.31. The van der Waals surface area contributed by atoms with Crippen LogP contribution in [0, 0.1) is 0 Å². The van der Waals surface area contributed by atoms with E-state index in [1.54, 1.807) is 13.8 Å². The molecule has 0 radical (unpaired) electrons. The standard InChI is InChI=1S/C13H21N3O5S/c1-4-20-13(3,21-5-2)16-12(17)11-9(14)7-6-8-10(11)22(15,18)19/h6-8H,4-5,14H2,1-3H3,(H,16,17)(H2,15,18,19). The summed E-state index contributed by atoms with van der Waals surface area (Å²) in [5.41, 5.74) is 5.47. The number of primary sulfonamides is 1. The number of rotatable bonds is 7. The monoisotopic (exact) mass is 331 g/mol. The van der Waals surface area contributed by atoms with Gasteiger partial charge in [0.15, 0.2) is 0 Å². The summed E-state index contributed by atoms with van der Waals surface area (Å²) in [7, 11) is -4.10. The van der Waals surface area contributed by atoms with E-state index in [0.717, 1.165) is 0 Å². The van der Waals surface area contributed by atoms with Gasteiger partial charge in [0, 0.05) is 25.8 Å². The van der Waals surface area contributed by atoms with E-state index in [4.69, 9.17) is 20.3 Å². The Labute approximate surface area is 129 Å². The minimum absolute atomic E-state index is 0.0145. The van der Waals surface area contributed by atoms with Crippen molar-refractivity contribution in [3.05, 3.63) is 23.8 Å². The van der Waals surface area contributed by atoms with Crippen molar-refractivity contribution < 1.29 is 22.7 Å². The lowest BCUT2D eigenvalue weighted by Gasteiger charge is -2.30. The summed E-state index contributed by atoms with van der Waals surface area (Å²) in [6.07, 6.45) is 0. The topological polar surface area (TPSA) is 134 Å². The van der Waals surface area contributed by atoms with Gasteiger partial charge in [-0.15, -0.1) is 0 Å². The molecule has 0 aliphatic carbocycles. The van der Waals surface area contributed by atoms with Gasteiger partial charge < -0.3 is 20.5 Å². The third-order valence-electron chi connectivity index (χ3n) is 2.77. The molecule has 8 nitrogen and oxygen atoms in total. The van der Waals surface area contributed by atoms with Crippen molar-refractivity contribution >= 4 is 21.6 Å². The summed E-state index contributed by atoms with van der Waals surface area (Å²) in [5, 5.41) is 7.60. The van der Waals surface area contributed by atoms with Gasteiger partial charge in [0.25, 0.3) is 5.91 Å². The molecule has 0 fully saturated rings. The Morgan fingerprint density at radius 1 is 1.27 bits per heavy atom. The zero-order valence-corrected chi connectivity index (χ0v) is 13.6. The first kappa shape index (κ1) is 18.4. The number of benzene rings is 1. The van der Waals surface area contributed by atoms with Crippen LogP contribution in [0.2, 0.25) is 0 Å². The molecular weight excluding hydrogens is 310 g/mol. The molecule has 124 valence electrons. The Hall–Kier alpha value is -1.68. The molecule has 1 amide bonds. The van der Waals surface area contributed by atoms with E-state index in [1.807, 2.05) is 0 Å². The van der Waals surface area contributed by atoms with E-state index < -0.39 is 21.8 Å². The first-order valence-electron chi connectivity index (χ1n) is 6.66. The van der Waals surface area contributed by atoms with Crippen molar-refractivity contribution in [3.8, 4) is 0 Å². The number of ether oxygens (including phenoxy) is 2. The third-order valence-corrected chi connectivity index (χ3v) is 3.73. The highest BCUT2D eigenvalue weighted by atomic mass is 32.2. The molecule has 0 aliphatic rings. The molecule has 0 atom stereocenters. The second-order valence-corrected chi connectivity index (χ2v) is 6.06. The largest absolute Gasteiger partial charge is 0.398 e. The lowest BCUT2D eigenvalue weighted by atomic mass is 10.1. The van der Waals surface area contributed by atoms with Crippen molar-refractivity contribution in [3.63, 3.8) is 0 Å². The molecule has 1 rings (SSSR count). The number of amides is 1. The number of nitrogens with two attached hydrogens (primary N) is 2. The van der Waals surface area contributed by atoms with Crippen LogP contribution in [0.25, 0.3) is 0 Å². The number of anilines is 1. The Bertz CT molecular complexity index is 639. The number of nitrogen functional groups attached to an aromatic ring is 1. The molecule has 0 bridgehead atoms. The minimum Gasteiger partial charge on any atom is -0.398 e. The smallest absolute Gasteiger partial charge is 0.258 e. The van der Waals surface area contributed by atoms with Crippen LogP contribution >= 0.6 is 0 Å². The molecule has 0 spiro atoms.